The number of hydrogen-bond acceptors (Lipinski definition) is 2. The molecule has 0 unspecified atom stereocenters. The van der Waals surface area contributed by atoms with E-state index in [0.29, 0.717) is 0 Å². The number of nitrogens with one attached hydrogen (secondary N) is 1. The summed E-state index contributed by atoms with van der Waals surface area (Å²) in [7, 11) is 0. The Morgan fingerprint density at radius 1 is 1.19 bits per heavy atom. The van der Waals surface area contributed by atoms with Gasteiger partial charge in [0, 0.05) is 38.4 Å². The second-order valence-corrected chi connectivity index (χ2v) is 5.75. The molecule has 2 amide bonds. The van der Waals surface area contributed by atoms with Crippen LogP contribution >= 0.6 is 0 Å². The Morgan fingerprint density at radius 3 is 2.62 bits per heavy atom. The van der Waals surface area contributed by atoms with E-state index in [2.05, 4.69) is 48.3 Å². The molecular weight excluding hydrogens is 262 g/mol. The molecule has 2 rings (SSSR count). The molecular formula is C17H27N3O. The second kappa shape index (κ2) is 7.91. The van der Waals surface area contributed by atoms with Crippen LogP contribution in [0.2, 0.25) is 0 Å². The molecule has 0 saturated carbocycles. The Labute approximate surface area is 128 Å². The van der Waals surface area contributed by atoms with Gasteiger partial charge in [-0.15, -0.1) is 0 Å². The number of anilines is 1. The lowest BCUT2D eigenvalue weighted by Gasteiger charge is -2.36. The molecule has 0 spiro atoms. The number of amides is 2. The third-order valence-electron chi connectivity index (χ3n) is 3.99. The lowest BCUT2D eigenvalue weighted by molar-refractivity contribution is 0.194. The van der Waals surface area contributed by atoms with Gasteiger partial charge in [0.15, 0.2) is 0 Å². The van der Waals surface area contributed by atoms with Crippen LogP contribution in [0.1, 0.15) is 31.7 Å². The van der Waals surface area contributed by atoms with Crippen LogP contribution in [0.15, 0.2) is 24.3 Å². The highest BCUT2D eigenvalue weighted by molar-refractivity contribution is 5.74. The van der Waals surface area contributed by atoms with E-state index in [1.807, 2.05) is 4.90 Å². The zero-order chi connectivity index (χ0) is 15.1. The highest BCUT2D eigenvalue weighted by Crippen LogP contribution is 2.17. The first-order valence-electron chi connectivity index (χ1n) is 8.05. The molecule has 116 valence electrons. The molecule has 1 aromatic carbocycles. The minimum absolute atomic E-state index is 0.0926. The fraction of sp³-hybridized carbons (Fsp3) is 0.588. The Morgan fingerprint density at radius 2 is 1.95 bits per heavy atom. The van der Waals surface area contributed by atoms with Gasteiger partial charge in [-0.2, -0.15) is 0 Å². The van der Waals surface area contributed by atoms with Crippen molar-refractivity contribution < 1.29 is 4.79 Å². The summed E-state index contributed by atoms with van der Waals surface area (Å²) in [6.07, 6.45) is 3.44. The van der Waals surface area contributed by atoms with Gasteiger partial charge in [0.2, 0.25) is 0 Å². The molecule has 0 aromatic heterocycles. The molecule has 0 atom stereocenters. The molecule has 1 aliphatic heterocycles. The number of rotatable bonds is 5. The van der Waals surface area contributed by atoms with Gasteiger partial charge in [-0.25, -0.2) is 4.79 Å². The largest absolute Gasteiger partial charge is 0.368 e. The summed E-state index contributed by atoms with van der Waals surface area (Å²) in [6, 6.07) is 8.66. The van der Waals surface area contributed by atoms with Crippen LogP contribution < -0.4 is 10.2 Å². The van der Waals surface area contributed by atoms with Gasteiger partial charge < -0.3 is 15.1 Å². The minimum Gasteiger partial charge on any atom is -0.368 e. The molecule has 4 heteroatoms. The third-order valence-corrected chi connectivity index (χ3v) is 3.99. The van der Waals surface area contributed by atoms with E-state index in [-0.39, 0.29) is 6.03 Å². The molecule has 0 bridgehead atoms. The molecule has 1 N–H and O–H groups in total. The molecule has 0 radical (unpaired) electrons. The topological polar surface area (TPSA) is 35.6 Å². The maximum absolute atomic E-state index is 12.1. The Hall–Kier alpha value is -1.71. The maximum atomic E-state index is 12.1. The molecule has 1 aromatic rings. The van der Waals surface area contributed by atoms with Crippen LogP contribution in [0.25, 0.3) is 0 Å². The number of benzene rings is 1. The van der Waals surface area contributed by atoms with E-state index in [9.17, 15) is 4.79 Å². The van der Waals surface area contributed by atoms with E-state index >= 15 is 0 Å². The first kappa shape index (κ1) is 15.7. The number of nitrogens with zero attached hydrogens (tertiary/aromatic N) is 2. The van der Waals surface area contributed by atoms with Crippen molar-refractivity contribution in [1.82, 2.24) is 10.2 Å². The monoisotopic (exact) mass is 289 g/mol. The molecule has 1 fully saturated rings. The van der Waals surface area contributed by atoms with E-state index in [1.54, 1.807) is 0 Å². The average molecular weight is 289 g/mol. The van der Waals surface area contributed by atoms with Gasteiger partial charge in [0.1, 0.15) is 0 Å². The van der Waals surface area contributed by atoms with Crippen LogP contribution in [0, 0.1) is 6.92 Å². The number of aryl methyl sites for hydroxylation is 1. The quantitative estimate of drug-likeness (QED) is 0.846. The van der Waals surface area contributed by atoms with E-state index in [4.69, 9.17) is 0 Å². The fourth-order valence-electron chi connectivity index (χ4n) is 2.67. The number of carbonyl (C=O) groups excluding carboxylic acids is 1. The molecule has 21 heavy (non-hydrogen) atoms. The van der Waals surface area contributed by atoms with Gasteiger partial charge in [0.25, 0.3) is 0 Å². The summed E-state index contributed by atoms with van der Waals surface area (Å²) in [4.78, 5) is 16.3. The SMILES string of the molecule is CCCCCNC(=O)N1CCN(c2cccc(C)c2)CC1. The predicted octanol–water partition coefficient (Wildman–Crippen LogP) is 3.02. The van der Waals surface area contributed by atoms with Gasteiger partial charge in [0.05, 0.1) is 0 Å². The number of hydrogen-bond donors (Lipinski definition) is 1. The maximum Gasteiger partial charge on any atom is 0.317 e. The van der Waals surface area contributed by atoms with E-state index in [0.717, 1.165) is 39.1 Å². The summed E-state index contributed by atoms with van der Waals surface area (Å²) in [5.41, 5.74) is 2.54. The van der Waals surface area contributed by atoms with Gasteiger partial charge in [-0.3, -0.25) is 0 Å². The van der Waals surface area contributed by atoms with Crippen molar-refractivity contribution in [1.29, 1.82) is 0 Å². The van der Waals surface area contributed by atoms with Crippen molar-refractivity contribution in [2.24, 2.45) is 0 Å². The zero-order valence-corrected chi connectivity index (χ0v) is 13.3. The van der Waals surface area contributed by atoms with Crippen molar-refractivity contribution in [3.05, 3.63) is 29.8 Å². The number of urea groups is 1. The van der Waals surface area contributed by atoms with Crippen molar-refractivity contribution in [2.75, 3.05) is 37.6 Å². The highest BCUT2D eigenvalue weighted by atomic mass is 16.2. The minimum atomic E-state index is 0.0926. The van der Waals surface area contributed by atoms with Crippen molar-refractivity contribution in [2.45, 2.75) is 33.1 Å². The van der Waals surface area contributed by atoms with Crippen LogP contribution in [-0.2, 0) is 0 Å². The first-order chi connectivity index (χ1) is 10.2. The Bertz CT molecular complexity index is 453. The Kier molecular flexibility index (Phi) is 5.90. The van der Waals surface area contributed by atoms with Crippen LogP contribution in [0.3, 0.4) is 0 Å². The molecule has 1 saturated heterocycles. The zero-order valence-electron chi connectivity index (χ0n) is 13.3. The van der Waals surface area contributed by atoms with Gasteiger partial charge in [-0.05, 0) is 31.0 Å². The number of piperazine rings is 1. The predicted molar refractivity (Wildman–Crippen MR) is 87.9 cm³/mol. The standard InChI is InChI=1S/C17H27N3O/c1-3-4-5-9-18-17(21)20-12-10-19(11-13-20)16-8-6-7-15(2)14-16/h6-8,14H,3-5,9-13H2,1-2H3,(H,18,21). The van der Waals surface area contributed by atoms with Gasteiger partial charge >= 0.3 is 6.03 Å². The lowest BCUT2D eigenvalue weighted by Crippen LogP contribution is -2.52. The van der Waals surface area contributed by atoms with Crippen LogP contribution in [-0.4, -0.2) is 43.7 Å². The smallest absolute Gasteiger partial charge is 0.317 e. The van der Waals surface area contributed by atoms with E-state index < -0.39 is 0 Å². The molecule has 1 heterocycles. The summed E-state index contributed by atoms with van der Waals surface area (Å²) < 4.78 is 0. The fourth-order valence-corrected chi connectivity index (χ4v) is 2.67. The van der Waals surface area contributed by atoms with E-state index in [1.165, 1.54) is 24.1 Å². The molecule has 4 nitrogen and oxygen atoms in total. The van der Waals surface area contributed by atoms with Crippen LogP contribution in [0.5, 0.6) is 0 Å². The summed E-state index contributed by atoms with van der Waals surface area (Å²) in [5, 5.41) is 3.02. The third kappa shape index (κ3) is 4.66. The first-order valence-corrected chi connectivity index (χ1v) is 8.05. The lowest BCUT2D eigenvalue weighted by atomic mass is 10.2. The second-order valence-electron chi connectivity index (χ2n) is 5.75. The van der Waals surface area contributed by atoms with Gasteiger partial charge in [-0.1, -0.05) is 31.9 Å². The molecule has 0 aliphatic carbocycles. The number of unbranched alkanes of at least 4 members (excludes halogenated alkanes) is 2. The average Bonchev–Trinajstić information content (AvgIpc) is 2.51. The number of carbonyl (C=O) groups is 1. The van der Waals surface area contributed by atoms with Crippen molar-refractivity contribution in [3.8, 4) is 0 Å². The van der Waals surface area contributed by atoms with Crippen LogP contribution in [0.4, 0.5) is 10.5 Å². The highest BCUT2D eigenvalue weighted by Gasteiger charge is 2.20. The normalized spacial score (nSPS) is 15.1. The summed E-state index contributed by atoms with van der Waals surface area (Å²) >= 11 is 0. The molecule has 1 aliphatic rings. The van der Waals surface area contributed by atoms with Crippen molar-refractivity contribution in [3.63, 3.8) is 0 Å². The van der Waals surface area contributed by atoms with Crippen molar-refractivity contribution >= 4 is 11.7 Å². The Balaban J connectivity index is 1.76. The summed E-state index contributed by atoms with van der Waals surface area (Å²) in [5.74, 6) is 0. The summed E-state index contributed by atoms with van der Waals surface area (Å²) in [6.45, 7) is 8.50.